The first-order valence-electron chi connectivity index (χ1n) is 7.06. The molecule has 1 aromatic rings. The summed E-state index contributed by atoms with van der Waals surface area (Å²) in [5.41, 5.74) is 0.797. The molecule has 0 spiro atoms. The van der Waals surface area contributed by atoms with Crippen LogP contribution in [0.3, 0.4) is 0 Å². The lowest BCUT2D eigenvalue weighted by Gasteiger charge is -2.43. The van der Waals surface area contributed by atoms with Gasteiger partial charge in [0, 0.05) is 25.7 Å². The molecule has 0 bridgehead atoms. The number of rotatable bonds is 4. The van der Waals surface area contributed by atoms with Crippen molar-refractivity contribution in [1.82, 2.24) is 9.97 Å². The fraction of sp³-hybridized carbons (Fsp3) is 0.714. The molecule has 1 atom stereocenters. The zero-order valence-corrected chi connectivity index (χ0v) is 12.7. The molecule has 2 rings (SSSR count). The molecule has 0 radical (unpaired) electrons. The zero-order chi connectivity index (χ0) is 14.8. The molecule has 0 amide bonds. The first kappa shape index (κ1) is 15.0. The van der Waals surface area contributed by atoms with Crippen molar-refractivity contribution in [3.63, 3.8) is 0 Å². The van der Waals surface area contributed by atoms with Crippen molar-refractivity contribution in [2.24, 2.45) is 0 Å². The first-order valence-corrected chi connectivity index (χ1v) is 7.06. The number of nitrogens with zero attached hydrogens (tertiary/aromatic N) is 3. The van der Waals surface area contributed by atoms with Gasteiger partial charge in [0.2, 0.25) is 0 Å². The van der Waals surface area contributed by atoms with Gasteiger partial charge >= 0.3 is 0 Å². The van der Waals surface area contributed by atoms with E-state index in [1.165, 1.54) is 0 Å². The van der Waals surface area contributed by atoms with Crippen LogP contribution in [0.25, 0.3) is 0 Å². The summed E-state index contributed by atoms with van der Waals surface area (Å²) in [7, 11) is 1.87. The Balaban J connectivity index is 2.35. The average molecular weight is 280 g/mol. The average Bonchev–Trinajstić information content (AvgIpc) is 2.44. The summed E-state index contributed by atoms with van der Waals surface area (Å²) in [6, 6.07) is 0. The molecular weight excluding hydrogens is 256 g/mol. The van der Waals surface area contributed by atoms with Gasteiger partial charge in [-0.1, -0.05) is 6.92 Å². The number of morpholine rings is 1. The van der Waals surface area contributed by atoms with Crippen LogP contribution in [0.15, 0.2) is 6.33 Å². The highest BCUT2D eigenvalue weighted by molar-refractivity contribution is 5.59. The van der Waals surface area contributed by atoms with E-state index >= 15 is 0 Å². The highest BCUT2D eigenvalue weighted by Gasteiger charge is 2.34. The van der Waals surface area contributed by atoms with E-state index in [4.69, 9.17) is 4.74 Å². The first-order chi connectivity index (χ1) is 9.50. The molecule has 112 valence electrons. The molecule has 1 aliphatic rings. The molecule has 20 heavy (non-hydrogen) atoms. The van der Waals surface area contributed by atoms with Gasteiger partial charge < -0.3 is 20.1 Å². The second-order valence-electron chi connectivity index (χ2n) is 5.69. The van der Waals surface area contributed by atoms with Gasteiger partial charge in [0.05, 0.1) is 18.3 Å². The van der Waals surface area contributed by atoms with E-state index in [0.717, 1.165) is 30.2 Å². The minimum atomic E-state index is -0.304. The normalized spacial score (nSPS) is 21.9. The molecule has 1 fully saturated rings. The van der Waals surface area contributed by atoms with Gasteiger partial charge in [-0.25, -0.2) is 9.97 Å². The van der Waals surface area contributed by atoms with Gasteiger partial charge in [0.25, 0.3) is 0 Å². The van der Waals surface area contributed by atoms with Crippen molar-refractivity contribution in [3.05, 3.63) is 11.9 Å². The number of aromatic nitrogens is 2. The van der Waals surface area contributed by atoms with Crippen LogP contribution in [-0.2, 0) is 11.2 Å². The second-order valence-corrected chi connectivity index (χ2v) is 5.69. The Bertz CT molecular complexity index is 464. The predicted octanol–water partition coefficient (Wildman–Crippen LogP) is 1.06. The molecule has 1 saturated heterocycles. The third-order valence-electron chi connectivity index (χ3n) is 3.50. The minimum Gasteiger partial charge on any atom is -0.394 e. The van der Waals surface area contributed by atoms with E-state index in [2.05, 4.69) is 27.1 Å². The number of anilines is 2. The highest BCUT2D eigenvalue weighted by atomic mass is 16.5. The maximum atomic E-state index is 9.42. The molecule has 0 saturated carbocycles. The van der Waals surface area contributed by atoms with Crippen LogP contribution in [0.2, 0.25) is 0 Å². The Morgan fingerprint density at radius 2 is 2.25 bits per heavy atom. The highest BCUT2D eigenvalue weighted by Crippen LogP contribution is 2.29. The van der Waals surface area contributed by atoms with Crippen LogP contribution in [0.5, 0.6) is 0 Å². The van der Waals surface area contributed by atoms with Gasteiger partial charge in [0.1, 0.15) is 18.0 Å². The summed E-state index contributed by atoms with van der Waals surface area (Å²) < 4.78 is 5.85. The smallest absolute Gasteiger partial charge is 0.137 e. The largest absolute Gasteiger partial charge is 0.394 e. The van der Waals surface area contributed by atoms with E-state index in [1.807, 2.05) is 20.9 Å². The van der Waals surface area contributed by atoms with Crippen molar-refractivity contribution in [3.8, 4) is 0 Å². The van der Waals surface area contributed by atoms with Crippen LogP contribution in [0.1, 0.15) is 26.3 Å². The lowest BCUT2D eigenvalue weighted by atomic mass is 10.0. The van der Waals surface area contributed by atoms with Crippen molar-refractivity contribution >= 4 is 11.6 Å². The summed E-state index contributed by atoms with van der Waals surface area (Å²) in [4.78, 5) is 10.9. The summed E-state index contributed by atoms with van der Waals surface area (Å²) in [6.07, 6.45) is 2.25. The van der Waals surface area contributed by atoms with Crippen molar-refractivity contribution in [2.75, 3.05) is 37.0 Å². The van der Waals surface area contributed by atoms with E-state index in [-0.39, 0.29) is 18.3 Å². The molecule has 1 aliphatic heterocycles. The number of ether oxygens (including phenoxy) is 1. The van der Waals surface area contributed by atoms with Crippen molar-refractivity contribution < 1.29 is 9.84 Å². The van der Waals surface area contributed by atoms with E-state index in [9.17, 15) is 5.11 Å². The second kappa shape index (κ2) is 5.93. The van der Waals surface area contributed by atoms with Crippen molar-refractivity contribution in [2.45, 2.75) is 38.9 Å². The topological polar surface area (TPSA) is 70.5 Å². The van der Waals surface area contributed by atoms with Gasteiger partial charge in [-0.2, -0.15) is 0 Å². The van der Waals surface area contributed by atoms with Crippen LogP contribution >= 0.6 is 0 Å². The summed E-state index contributed by atoms with van der Waals surface area (Å²) >= 11 is 0. The minimum absolute atomic E-state index is 0.0192. The van der Waals surface area contributed by atoms with Crippen LogP contribution in [0.4, 0.5) is 11.6 Å². The van der Waals surface area contributed by atoms with Crippen molar-refractivity contribution in [1.29, 1.82) is 0 Å². The Morgan fingerprint density at radius 1 is 1.50 bits per heavy atom. The predicted molar refractivity (Wildman–Crippen MR) is 79.2 cm³/mol. The van der Waals surface area contributed by atoms with Crippen LogP contribution < -0.4 is 10.2 Å². The Kier molecular flexibility index (Phi) is 4.45. The number of hydrogen-bond acceptors (Lipinski definition) is 6. The van der Waals surface area contributed by atoms with Crippen LogP contribution in [-0.4, -0.2) is 53.5 Å². The van der Waals surface area contributed by atoms with Gasteiger partial charge in [-0.15, -0.1) is 0 Å². The molecule has 1 aromatic heterocycles. The molecule has 2 heterocycles. The van der Waals surface area contributed by atoms with Gasteiger partial charge in [-0.3, -0.25) is 0 Å². The maximum absolute atomic E-state index is 9.42. The summed E-state index contributed by atoms with van der Waals surface area (Å²) in [6.45, 7) is 7.58. The monoisotopic (exact) mass is 280 g/mol. The molecule has 2 N–H and O–H groups in total. The zero-order valence-electron chi connectivity index (χ0n) is 12.7. The molecular formula is C14H24N4O2. The van der Waals surface area contributed by atoms with E-state index in [1.54, 1.807) is 6.33 Å². The van der Waals surface area contributed by atoms with Gasteiger partial charge in [0.15, 0.2) is 0 Å². The van der Waals surface area contributed by atoms with E-state index in [0.29, 0.717) is 6.54 Å². The lowest BCUT2D eigenvalue weighted by Crippen LogP contribution is -2.54. The van der Waals surface area contributed by atoms with E-state index < -0.39 is 0 Å². The lowest BCUT2D eigenvalue weighted by molar-refractivity contribution is -0.101. The SMILES string of the molecule is CCc1c(NC)ncnc1N1CC(CO)OC(C)(C)C1. The van der Waals surface area contributed by atoms with Crippen LogP contribution in [0, 0.1) is 0 Å². The van der Waals surface area contributed by atoms with Gasteiger partial charge in [-0.05, 0) is 20.3 Å². The summed E-state index contributed by atoms with van der Waals surface area (Å²) in [5, 5.41) is 12.5. The molecule has 0 aromatic carbocycles. The fourth-order valence-corrected chi connectivity index (χ4v) is 2.77. The number of aliphatic hydroxyl groups excluding tert-OH is 1. The quantitative estimate of drug-likeness (QED) is 0.859. The third kappa shape index (κ3) is 3.02. The Morgan fingerprint density at radius 3 is 2.85 bits per heavy atom. The standard InChI is InChI=1S/C14H24N4O2/c1-5-11-12(15-4)16-9-17-13(11)18-6-10(7-19)20-14(2,3)8-18/h9-10,19H,5-8H2,1-4H3,(H,15,16,17). The summed E-state index contributed by atoms with van der Waals surface area (Å²) in [5.74, 6) is 1.80. The number of hydrogen-bond donors (Lipinski definition) is 2. The third-order valence-corrected chi connectivity index (χ3v) is 3.50. The maximum Gasteiger partial charge on any atom is 0.137 e. The molecule has 6 heteroatoms. The number of aliphatic hydroxyl groups is 1. The number of nitrogens with one attached hydrogen (secondary N) is 1. The fourth-order valence-electron chi connectivity index (χ4n) is 2.77. The Labute approximate surface area is 120 Å². The molecule has 0 aliphatic carbocycles. The molecule has 1 unspecified atom stereocenters. The Hall–Kier alpha value is -1.40. The molecule has 6 nitrogen and oxygen atoms in total.